The molecule has 6 rings (SSSR count). The Kier molecular flexibility index (Phi) is 10.8. The van der Waals surface area contributed by atoms with Crippen molar-refractivity contribution in [3.05, 3.63) is 132 Å². The zero-order valence-electron chi connectivity index (χ0n) is 28.6. The molecule has 11 nitrogen and oxygen atoms in total. The number of hydrogen-bond donors (Lipinski definition) is 2. The van der Waals surface area contributed by atoms with Gasteiger partial charge >= 0.3 is 6.16 Å². The number of carbonyl (C=O) groups is 2. The Balaban J connectivity index is 0.971. The molecule has 1 saturated heterocycles. The summed E-state index contributed by atoms with van der Waals surface area (Å²) in [6.45, 7) is 8.28. The molecule has 1 unspecified atom stereocenters. The van der Waals surface area contributed by atoms with Gasteiger partial charge in [0.2, 0.25) is 12.7 Å². The predicted molar refractivity (Wildman–Crippen MR) is 193 cm³/mol. The Morgan fingerprint density at radius 2 is 1.72 bits per heavy atom. The first kappa shape index (κ1) is 34.2. The number of nitrogens with zero attached hydrogens (tertiary/aromatic N) is 5. The minimum absolute atomic E-state index is 0.191. The van der Waals surface area contributed by atoms with Gasteiger partial charge in [0, 0.05) is 60.7 Å². The van der Waals surface area contributed by atoms with Crippen molar-refractivity contribution in [3.63, 3.8) is 0 Å². The summed E-state index contributed by atoms with van der Waals surface area (Å²) in [6, 6.07) is 28.7. The van der Waals surface area contributed by atoms with Crippen LogP contribution in [-0.4, -0.2) is 76.4 Å². The summed E-state index contributed by atoms with van der Waals surface area (Å²) in [7, 11) is 2.10. The molecule has 2 aromatic heterocycles. The third-order valence-electron chi connectivity index (χ3n) is 8.93. The van der Waals surface area contributed by atoms with Crippen LogP contribution in [-0.2, 0) is 16.0 Å². The molecule has 256 valence electrons. The van der Waals surface area contributed by atoms with E-state index in [-0.39, 0.29) is 18.7 Å². The minimum Gasteiger partial charge on any atom is -0.426 e. The third kappa shape index (κ3) is 9.07. The first-order valence-electron chi connectivity index (χ1n) is 16.7. The predicted octanol–water partition coefficient (Wildman–Crippen LogP) is 6.98. The van der Waals surface area contributed by atoms with Gasteiger partial charge in [0.25, 0.3) is 5.91 Å². The zero-order chi connectivity index (χ0) is 34.9. The summed E-state index contributed by atoms with van der Waals surface area (Å²) in [5.74, 6) is 0.261. The number of piperazine rings is 1. The molecule has 1 fully saturated rings. The Morgan fingerprint density at radius 3 is 2.46 bits per heavy atom. The molecular weight excluding hydrogens is 630 g/mol. The fourth-order valence-corrected chi connectivity index (χ4v) is 5.73. The molecule has 0 saturated carbocycles. The molecule has 5 aromatic rings. The maximum atomic E-state index is 13.2. The van der Waals surface area contributed by atoms with Crippen LogP contribution in [0, 0.1) is 6.92 Å². The second-order valence-corrected chi connectivity index (χ2v) is 12.9. The number of ether oxygens (including phenoxy) is 2. The molecule has 0 spiro atoms. The summed E-state index contributed by atoms with van der Waals surface area (Å²) in [6.07, 6.45) is 4.17. The molecule has 0 radical (unpaired) electrons. The number of nitrogens with one attached hydrogen (secondary N) is 2. The van der Waals surface area contributed by atoms with Gasteiger partial charge in [0.15, 0.2) is 0 Å². The number of aromatic nitrogens is 3. The highest BCUT2D eigenvalue weighted by atomic mass is 16.7. The molecule has 1 amide bonds. The van der Waals surface area contributed by atoms with Crippen molar-refractivity contribution in [2.45, 2.75) is 26.5 Å². The number of likely N-dealkylation sites (N-methyl/N-ethyl adjacent to an activating group) is 1. The van der Waals surface area contributed by atoms with Crippen molar-refractivity contribution in [3.8, 4) is 11.3 Å². The standard InChI is InChI=1S/C39H41N7O4/c1-28-11-16-34(24-36(28)44-38-41-19-17-35(43-38)33-10-7-18-40-25-33)42-37(47)32-14-12-30(13-15-32)26-45-20-22-46(3,23-21-45)27-49-39(48)50-29(2)31-8-5-4-6-9-31/h4-19,24-25,29H,20-23,26-27H2,1-3H3,(H-,41,42,43,44,47)/p+1. The average molecular weight is 673 g/mol. The number of pyridine rings is 1. The van der Waals surface area contributed by atoms with Gasteiger partial charge in [-0.05, 0) is 73.0 Å². The maximum Gasteiger partial charge on any atom is 0.513 e. The largest absolute Gasteiger partial charge is 0.513 e. The fourth-order valence-electron chi connectivity index (χ4n) is 5.73. The fraction of sp³-hybridized carbons (Fsp3) is 0.256. The Hall–Kier alpha value is -5.65. The molecule has 1 aliphatic heterocycles. The lowest BCUT2D eigenvalue weighted by molar-refractivity contribution is -0.929. The van der Waals surface area contributed by atoms with E-state index in [2.05, 4.69) is 37.5 Å². The van der Waals surface area contributed by atoms with Crippen LogP contribution < -0.4 is 10.6 Å². The molecule has 50 heavy (non-hydrogen) atoms. The van der Waals surface area contributed by atoms with E-state index in [0.29, 0.717) is 21.7 Å². The minimum atomic E-state index is -0.649. The van der Waals surface area contributed by atoms with Gasteiger partial charge in [0.1, 0.15) is 6.10 Å². The number of carbonyl (C=O) groups excluding carboxylic acids is 2. The Bertz CT molecular complexity index is 1900. The van der Waals surface area contributed by atoms with Crippen molar-refractivity contribution in [2.24, 2.45) is 0 Å². The van der Waals surface area contributed by atoms with Crippen LogP contribution in [0.5, 0.6) is 0 Å². The highest BCUT2D eigenvalue weighted by Crippen LogP contribution is 2.25. The molecule has 1 atom stereocenters. The van der Waals surface area contributed by atoms with E-state index in [0.717, 1.165) is 66.4 Å². The quantitative estimate of drug-likeness (QED) is 0.113. The molecule has 3 aromatic carbocycles. The lowest BCUT2D eigenvalue weighted by Crippen LogP contribution is -2.58. The Morgan fingerprint density at radius 1 is 0.940 bits per heavy atom. The van der Waals surface area contributed by atoms with Crippen LogP contribution >= 0.6 is 0 Å². The van der Waals surface area contributed by atoms with E-state index < -0.39 is 6.16 Å². The number of amides is 1. The van der Waals surface area contributed by atoms with E-state index in [1.165, 1.54) is 0 Å². The van der Waals surface area contributed by atoms with Crippen LogP contribution in [0.1, 0.15) is 40.1 Å². The molecule has 0 aliphatic carbocycles. The maximum absolute atomic E-state index is 13.2. The topological polar surface area (TPSA) is 119 Å². The van der Waals surface area contributed by atoms with Crippen LogP contribution in [0.25, 0.3) is 11.3 Å². The summed E-state index contributed by atoms with van der Waals surface area (Å²) in [5, 5.41) is 6.30. The molecule has 3 heterocycles. The highest BCUT2D eigenvalue weighted by molar-refractivity contribution is 6.04. The van der Waals surface area contributed by atoms with Gasteiger partial charge in [-0.3, -0.25) is 19.2 Å². The van der Waals surface area contributed by atoms with Crippen molar-refractivity contribution >= 4 is 29.4 Å². The van der Waals surface area contributed by atoms with Crippen molar-refractivity contribution in [1.29, 1.82) is 0 Å². The highest BCUT2D eigenvalue weighted by Gasteiger charge is 2.30. The first-order chi connectivity index (χ1) is 24.2. The number of benzene rings is 3. The van der Waals surface area contributed by atoms with Crippen LogP contribution in [0.3, 0.4) is 0 Å². The van der Waals surface area contributed by atoms with Gasteiger partial charge in [-0.25, -0.2) is 14.8 Å². The van der Waals surface area contributed by atoms with E-state index >= 15 is 0 Å². The van der Waals surface area contributed by atoms with Crippen molar-refractivity contribution < 1.29 is 23.5 Å². The van der Waals surface area contributed by atoms with Gasteiger partial charge in [0.05, 0.1) is 25.8 Å². The monoisotopic (exact) mass is 672 g/mol. The first-order valence-corrected chi connectivity index (χ1v) is 16.7. The molecule has 11 heteroatoms. The number of anilines is 3. The van der Waals surface area contributed by atoms with Gasteiger partial charge in [-0.15, -0.1) is 0 Å². The number of quaternary nitrogens is 1. The van der Waals surface area contributed by atoms with Crippen LogP contribution in [0.4, 0.5) is 22.1 Å². The number of rotatable bonds is 11. The lowest BCUT2D eigenvalue weighted by Gasteiger charge is -2.41. The van der Waals surface area contributed by atoms with E-state index in [1.807, 2.05) is 105 Å². The van der Waals surface area contributed by atoms with Gasteiger partial charge < -0.3 is 20.1 Å². The van der Waals surface area contributed by atoms with E-state index in [1.54, 1.807) is 18.6 Å². The number of aryl methyl sites for hydroxylation is 1. The zero-order valence-corrected chi connectivity index (χ0v) is 28.6. The van der Waals surface area contributed by atoms with E-state index in [4.69, 9.17) is 9.47 Å². The summed E-state index contributed by atoms with van der Waals surface area (Å²) < 4.78 is 11.6. The van der Waals surface area contributed by atoms with Gasteiger partial charge in [-0.1, -0.05) is 48.5 Å². The van der Waals surface area contributed by atoms with Gasteiger partial charge in [-0.2, -0.15) is 0 Å². The molecule has 1 aliphatic rings. The summed E-state index contributed by atoms with van der Waals surface area (Å²) in [4.78, 5) is 41.1. The summed E-state index contributed by atoms with van der Waals surface area (Å²) in [5.41, 5.74) is 6.73. The lowest BCUT2D eigenvalue weighted by atomic mass is 10.1. The number of hydrogen-bond acceptors (Lipinski definition) is 9. The average Bonchev–Trinajstić information content (AvgIpc) is 3.14. The third-order valence-corrected chi connectivity index (χ3v) is 8.93. The smallest absolute Gasteiger partial charge is 0.426 e. The van der Waals surface area contributed by atoms with E-state index in [9.17, 15) is 9.59 Å². The SMILES string of the molecule is Cc1ccc(NC(=O)c2ccc(CN3CC[N+](C)(COC(=O)OC(C)c4ccccc4)CC3)cc2)cc1Nc1nccc(-c2cccnc2)n1. The van der Waals surface area contributed by atoms with Crippen LogP contribution in [0.15, 0.2) is 110 Å². The Labute approximate surface area is 292 Å². The second-order valence-electron chi connectivity index (χ2n) is 12.9. The second kappa shape index (κ2) is 15.7. The molecule has 2 N–H and O–H groups in total. The molecule has 0 bridgehead atoms. The van der Waals surface area contributed by atoms with Crippen LogP contribution in [0.2, 0.25) is 0 Å². The normalized spacial score (nSPS) is 14.7. The van der Waals surface area contributed by atoms with Crippen molar-refractivity contribution in [1.82, 2.24) is 19.9 Å². The van der Waals surface area contributed by atoms with Crippen molar-refractivity contribution in [2.75, 3.05) is 50.6 Å². The summed E-state index contributed by atoms with van der Waals surface area (Å²) >= 11 is 0. The molecular formula is C39H42N7O4+.